The lowest BCUT2D eigenvalue weighted by atomic mass is 9.99. The van der Waals surface area contributed by atoms with E-state index in [4.69, 9.17) is 0 Å². The van der Waals surface area contributed by atoms with Gasteiger partial charge in [0.2, 0.25) is 0 Å². The van der Waals surface area contributed by atoms with E-state index in [2.05, 4.69) is 58.8 Å². The lowest BCUT2D eigenvalue weighted by Gasteiger charge is -2.25. The first kappa shape index (κ1) is 15.2. The van der Waals surface area contributed by atoms with Crippen LogP contribution in [-0.2, 0) is 13.0 Å². The number of aryl methyl sites for hydroxylation is 4. The minimum atomic E-state index is 0.601. The van der Waals surface area contributed by atoms with Crippen molar-refractivity contribution in [1.29, 1.82) is 0 Å². The molecule has 3 heterocycles. The Labute approximate surface area is 149 Å². The minimum absolute atomic E-state index is 0.601. The van der Waals surface area contributed by atoms with E-state index in [1.165, 1.54) is 35.0 Å². The van der Waals surface area contributed by atoms with Crippen molar-refractivity contribution in [3.8, 4) is 0 Å². The summed E-state index contributed by atoms with van der Waals surface area (Å²) in [6.45, 7) is 6.51. The average Bonchev–Trinajstić information content (AvgIpc) is 3.23. The molecule has 0 spiro atoms. The Hall–Kier alpha value is -2.13. The van der Waals surface area contributed by atoms with Gasteiger partial charge in [-0.25, -0.2) is 0 Å². The quantitative estimate of drug-likeness (QED) is 0.710. The molecule has 2 atom stereocenters. The van der Waals surface area contributed by atoms with Gasteiger partial charge in [-0.15, -0.1) is 0 Å². The highest BCUT2D eigenvalue weighted by Gasteiger charge is 2.44. The second kappa shape index (κ2) is 5.43. The molecule has 128 valence electrons. The van der Waals surface area contributed by atoms with E-state index >= 15 is 0 Å². The third-order valence-corrected chi connectivity index (χ3v) is 6.17. The van der Waals surface area contributed by atoms with Gasteiger partial charge >= 0.3 is 0 Å². The maximum atomic E-state index is 4.46. The van der Waals surface area contributed by atoms with E-state index in [9.17, 15) is 0 Å². The van der Waals surface area contributed by atoms with E-state index in [1.807, 2.05) is 13.1 Å². The van der Waals surface area contributed by atoms with Crippen molar-refractivity contribution in [2.45, 2.75) is 45.2 Å². The lowest BCUT2D eigenvalue weighted by Crippen LogP contribution is -2.24. The first-order valence-corrected chi connectivity index (χ1v) is 9.36. The van der Waals surface area contributed by atoms with Gasteiger partial charge in [-0.3, -0.25) is 9.88 Å². The van der Waals surface area contributed by atoms with Gasteiger partial charge in [-0.2, -0.15) is 0 Å². The van der Waals surface area contributed by atoms with Crippen LogP contribution in [0, 0.1) is 13.8 Å². The Bertz CT molecular complexity index is 952. The standard InChI is InChI=1S/C22H25N3/c1-14-4-7-19-18(10-14)21-17-11-20(24(3)13-17)22(21)25(19)9-8-16-6-5-15(2)23-12-16/h4-7,10,12,17,20H,8-9,11,13H2,1-3H3. The molecule has 0 N–H and O–H groups in total. The van der Waals surface area contributed by atoms with Gasteiger partial charge in [0.05, 0.1) is 6.04 Å². The summed E-state index contributed by atoms with van der Waals surface area (Å²) in [5, 5.41) is 1.50. The first-order valence-electron chi connectivity index (χ1n) is 9.36. The van der Waals surface area contributed by atoms with Crippen LogP contribution < -0.4 is 0 Å². The van der Waals surface area contributed by atoms with Gasteiger partial charge in [-0.05, 0) is 63.1 Å². The van der Waals surface area contributed by atoms with Crippen LogP contribution in [0.15, 0.2) is 36.5 Å². The van der Waals surface area contributed by atoms with Gasteiger partial charge in [0.25, 0.3) is 0 Å². The molecule has 0 saturated carbocycles. The molecule has 1 aliphatic heterocycles. The van der Waals surface area contributed by atoms with Crippen molar-refractivity contribution in [2.24, 2.45) is 0 Å². The fourth-order valence-electron chi connectivity index (χ4n) is 4.96. The topological polar surface area (TPSA) is 21.1 Å². The molecule has 3 nitrogen and oxygen atoms in total. The molecular weight excluding hydrogens is 306 g/mol. The molecular formula is C22H25N3. The smallest absolute Gasteiger partial charge is 0.0507 e. The zero-order valence-corrected chi connectivity index (χ0v) is 15.3. The first-order chi connectivity index (χ1) is 12.1. The molecule has 0 amide bonds. The fraction of sp³-hybridized carbons (Fsp3) is 0.409. The van der Waals surface area contributed by atoms with Crippen molar-refractivity contribution >= 4 is 10.9 Å². The molecule has 1 fully saturated rings. The predicted molar refractivity (Wildman–Crippen MR) is 102 cm³/mol. The second-order valence-corrected chi connectivity index (χ2v) is 7.92. The number of rotatable bonds is 3. The van der Waals surface area contributed by atoms with E-state index in [0.29, 0.717) is 6.04 Å². The zero-order chi connectivity index (χ0) is 17.1. The van der Waals surface area contributed by atoms with Gasteiger partial charge in [-0.1, -0.05) is 17.7 Å². The predicted octanol–water partition coefficient (Wildman–Crippen LogP) is 4.37. The monoisotopic (exact) mass is 331 g/mol. The summed E-state index contributed by atoms with van der Waals surface area (Å²) >= 11 is 0. The van der Waals surface area contributed by atoms with Gasteiger partial charge in [0.1, 0.15) is 0 Å². The number of aromatic nitrogens is 2. The molecule has 2 aromatic heterocycles. The van der Waals surface area contributed by atoms with Crippen molar-refractivity contribution < 1.29 is 0 Å². The highest BCUT2D eigenvalue weighted by molar-refractivity contribution is 5.88. The van der Waals surface area contributed by atoms with Crippen LogP contribution in [0.4, 0.5) is 0 Å². The SMILES string of the molecule is Cc1ccc2c(c1)c1c(n2CCc2ccc(C)nc2)C2CC1CN2C. The van der Waals surface area contributed by atoms with Crippen LogP contribution in [0.3, 0.4) is 0 Å². The summed E-state index contributed by atoms with van der Waals surface area (Å²) in [4.78, 5) is 7.00. The third-order valence-electron chi connectivity index (χ3n) is 6.17. The normalized spacial score (nSPS) is 22.0. The van der Waals surface area contributed by atoms with Crippen LogP contribution in [0.2, 0.25) is 0 Å². The molecule has 3 heteroatoms. The number of likely N-dealkylation sites (tertiary alicyclic amines) is 1. The Morgan fingerprint density at radius 2 is 2.04 bits per heavy atom. The Kier molecular flexibility index (Phi) is 3.29. The summed E-state index contributed by atoms with van der Waals surface area (Å²) in [7, 11) is 2.28. The van der Waals surface area contributed by atoms with Crippen LogP contribution in [-0.4, -0.2) is 28.0 Å². The zero-order valence-electron chi connectivity index (χ0n) is 15.3. The average molecular weight is 331 g/mol. The van der Waals surface area contributed by atoms with Crippen molar-refractivity contribution in [1.82, 2.24) is 14.5 Å². The molecule has 2 aliphatic rings. The summed E-state index contributed by atoms with van der Waals surface area (Å²) < 4.78 is 2.60. The van der Waals surface area contributed by atoms with Crippen LogP contribution >= 0.6 is 0 Å². The van der Waals surface area contributed by atoms with Crippen molar-refractivity contribution in [3.63, 3.8) is 0 Å². The largest absolute Gasteiger partial charge is 0.342 e. The summed E-state index contributed by atoms with van der Waals surface area (Å²) in [6, 6.07) is 11.9. The highest BCUT2D eigenvalue weighted by atomic mass is 15.2. The number of nitrogens with zero attached hydrogens (tertiary/aromatic N) is 3. The van der Waals surface area contributed by atoms with Crippen LogP contribution in [0.5, 0.6) is 0 Å². The minimum Gasteiger partial charge on any atom is -0.342 e. The Morgan fingerprint density at radius 1 is 1.16 bits per heavy atom. The number of hydrogen-bond donors (Lipinski definition) is 0. The number of pyridine rings is 1. The number of likely N-dealkylation sites (N-methyl/N-ethyl adjacent to an activating group) is 1. The van der Waals surface area contributed by atoms with E-state index < -0.39 is 0 Å². The van der Waals surface area contributed by atoms with Crippen LogP contribution in [0.25, 0.3) is 10.9 Å². The van der Waals surface area contributed by atoms with E-state index in [0.717, 1.165) is 24.6 Å². The number of fused-ring (bicyclic) bond motifs is 7. The molecule has 1 saturated heterocycles. The summed E-state index contributed by atoms with van der Waals surface area (Å²) in [6.07, 6.45) is 4.37. The Balaban J connectivity index is 1.59. The number of benzene rings is 1. The third kappa shape index (κ3) is 2.26. The van der Waals surface area contributed by atoms with E-state index in [1.54, 1.807) is 11.3 Å². The molecule has 2 bridgehead atoms. The van der Waals surface area contributed by atoms with Crippen LogP contribution in [0.1, 0.15) is 46.5 Å². The summed E-state index contributed by atoms with van der Waals surface area (Å²) in [5.41, 5.74) is 8.42. The highest BCUT2D eigenvalue weighted by Crippen LogP contribution is 2.53. The molecule has 25 heavy (non-hydrogen) atoms. The Morgan fingerprint density at radius 3 is 2.84 bits per heavy atom. The number of hydrogen-bond acceptors (Lipinski definition) is 2. The van der Waals surface area contributed by atoms with Gasteiger partial charge in [0, 0.05) is 47.5 Å². The molecule has 2 unspecified atom stereocenters. The molecule has 1 aliphatic carbocycles. The molecule has 0 radical (unpaired) electrons. The molecule has 5 rings (SSSR count). The van der Waals surface area contributed by atoms with E-state index in [-0.39, 0.29) is 0 Å². The van der Waals surface area contributed by atoms with Gasteiger partial charge < -0.3 is 4.57 Å². The van der Waals surface area contributed by atoms with Crippen molar-refractivity contribution in [3.05, 3.63) is 64.6 Å². The fourth-order valence-corrected chi connectivity index (χ4v) is 4.96. The van der Waals surface area contributed by atoms with Crippen molar-refractivity contribution in [2.75, 3.05) is 13.6 Å². The molecule has 1 aromatic carbocycles. The second-order valence-electron chi connectivity index (χ2n) is 7.92. The maximum Gasteiger partial charge on any atom is 0.0507 e. The molecule has 3 aromatic rings. The lowest BCUT2D eigenvalue weighted by molar-refractivity contribution is 0.295. The maximum absolute atomic E-state index is 4.46. The summed E-state index contributed by atoms with van der Waals surface area (Å²) in [5.74, 6) is 0.719. The van der Waals surface area contributed by atoms with Gasteiger partial charge in [0.15, 0.2) is 0 Å².